The molecule has 0 fully saturated rings. The zero-order valence-corrected chi connectivity index (χ0v) is 12.0. The average molecular weight is 237 g/mol. The Balaban J connectivity index is 2.73. The van der Waals surface area contributed by atoms with Crippen LogP contribution < -0.4 is 5.32 Å². The van der Waals surface area contributed by atoms with Crippen molar-refractivity contribution < 1.29 is 0 Å². The maximum atomic E-state index is 4.66. The minimum Gasteiger partial charge on any atom is -0.313 e. The molecule has 17 heavy (non-hydrogen) atoms. The monoisotopic (exact) mass is 237 g/mol. The summed E-state index contributed by atoms with van der Waals surface area (Å²) in [6.07, 6.45) is 2.53. The van der Waals surface area contributed by atoms with Crippen LogP contribution in [0.5, 0.6) is 0 Å². The van der Waals surface area contributed by atoms with Crippen LogP contribution in [0.25, 0.3) is 0 Å². The van der Waals surface area contributed by atoms with Gasteiger partial charge in [-0.25, -0.2) is 0 Å². The lowest BCUT2D eigenvalue weighted by atomic mass is 10.1. The van der Waals surface area contributed by atoms with Gasteiger partial charge in [0.15, 0.2) is 0 Å². The molecule has 1 aromatic rings. The van der Waals surface area contributed by atoms with E-state index in [4.69, 9.17) is 0 Å². The van der Waals surface area contributed by atoms with Crippen molar-refractivity contribution in [3.8, 4) is 0 Å². The van der Waals surface area contributed by atoms with Crippen LogP contribution in [-0.2, 0) is 13.1 Å². The number of rotatable bonds is 7. The van der Waals surface area contributed by atoms with Crippen LogP contribution in [-0.4, -0.2) is 16.3 Å². The second-order valence-electron chi connectivity index (χ2n) is 5.01. The van der Waals surface area contributed by atoms with Crippen molar-refractivity contribution in [2.24, 2.45) is 5.92 Å². The van der Waals surface area contributed by atoms with Crippen LogP contribution in [0.4, 0.5) is 0 Å². The van der Waals surface area contributed by atoms with Crippen molar-refractivity contribution in [2.45, 2.75) is 60.5 Å². The van der Waals surface area contributed by atoms with Crippen molar-refractivity contribution in [3.63, 3.8) is 0 Å². The SMILES string of the molecule is CCCC(C)Cn1nc(C)c(CNCC)c1C. The lowest BCUT2D eigenvalue weighted by molar-refractivity contribution is 0.413. The number of hydrogen-bond acceptors (Lipinski definition) is 2. The molecule has 0 aliphatic carbocycles. The van der Waals surface area contributed by atoms with Crippen LogP contribution in [0.3, 0.4) is 0 Å². The number of aromatic nitrogens is 2. The maximum Gasteiger partial charge on any atom is 0.0641 e. The third-order valence-electron chi connectivity index (χ3n) is 3.35. The third-order valence-corrected chi connectivity index (χ3v) is 3.35. The van der Waals surface area contributed by atoms with Gasteiger partial charge in [0.1, 0.15) is 0 Å². The molecular formula is C14H27N3. The molecule has 1 N–H and O–H groups in total. The standard InChI is InChI=1S/C14H27N3/c1-6-8-11(3)10-17-13(5)14(9-15-7-2)12(4)16-17/h11,15H,6-10H2,1-5H3. The first-order valence-corrected chi connectivity index (χ1v) is 6.83. The Morgan fingerprint density at radius 3 is 2.59 bits per heavy atom. The Bertz CT molecular complexity index is 341. The molecule has 1 atom stereocenters. The molecule has 1 rings (SSSR count). The highest BCUT2D eigenvalue weighted by Crippen LogP contribution is 2.16. The van der Waals surface area contributed by atoms with E-state index >= 15 is 0 Å². The van der Waals surface area contributed by atoms with Gasteiger partial charge < -0.3 is 5.32 Å². The molecule has 0 spiro atoms. The molecule has 0 aliphatic heterocycles. The van der Waals surface area contributed by atoms with E-state index in [9.17, 15) is 0 Å². The van der Waals surface area contributed by atoms with Crippen LogP contribution in [0.2, 0.25) is 0 Å². The van der Waals surface area contributed by atoms with E-state index < -0.39 is 0 Å². The zero-order valence-electron chi connectivity index (χ0n) is 12.0. The molecule has 0 aliphatic rings. The fourth-order valence-electron chi connectivity index (χ4n) is 2.30. The Morgan fingerprint density at radius 1 is 1.29 bits per heavy atom. The van der Waals surface area contributed by atoms with Gasteiger partial charge in [0.2, 0.25) is 0 Å². The average Bonchev–Trinajstić information content (AvgIpc) is 2.52. The highest BCUT2D eigenvalue weighted by molar-refractivity contribution is 5.24. The molecule has 0 aromatic carbocycles. The number of aryl methyl sites for hydroxylation is 1. The quantitative estimate of drug-likeness (QED) is 0.790. The minimum atomic E-state index is 0.713. The summed E-state index contributed by atoms with van der Waals surface area (Å²) in [6.45, 7) is 14.0. The van der Waals surface area contributed by atoms with Crippen LogP contribution >= 0.6 is 0 Å². The van der Waals surface area contributed by atoms with E-state index in [0.717, 1.165) is 19.6 Å². The van der Waals surface area contributed by atoms with Gasteiger partial charge in [-0.2, -0.15) is 5.10 Å². The lowest BCUT2D eigenvalue weighted by Crippen LogP contribution is -2.14. The molecule has 0 saturated heterocycles. The fourth-order valence-corrected chi connectivity index (χ4v) is 2.30. The van der Waals surface area contributed by atoms with E-state index in [1.165, 1.54) is 29.8 Å². The topological polar surface area (TPSA) is 29.9 Å². The van der Waals surface area contributed by atoms with Crippen molar-refractivity contribution in [1.82, 2.24) is 15.1 Å². The molecule has 98 valence electrons. The van der Waals surface area contributed by atoms with E-state index in [2.05, 4.69) is 49.7 Å². The van der Waals surface area contributed by atoms with E-state index in [1.807, 2.05) is 0 Å². The third kappa shape index (κ3) is 3.84. The van der Waals surface area contributed by atoms with Gasteiger partial charge in [0.05, 0.1) is 5.69 Å². The van der Waals surface area contributed by atoms with Gasteiger partial charge in [-0.3, -0.25) is 4.68 Å². The fraction of sp³-hybridized carbons (Fsp3) is 0.786. The lowest BCUT2D eigenvalue weighted by Gasteiger charge is -2.12. The van der Waals surface area contributed by atoms with Gasteiger partial charge in [0, 0.05) is 24.3 Å². The molecule has 1 heterocycles. The summed E-state index contributed by atoms with van der Waals surface area (Å²) in [5, 5.41) is 8.05. The Labute approximate surface area is 106 Å². The smallest absolute Gasteiger partial charge is 0.0641 e. The first kappa shape index (κ1) is 14.2. The molecule has 0 saturated carbocycles. The van der Waals surface area contributed by atoms with Crippen molar-refractivity contribution in [2.75, 3.05) is 6.54 Å². The predicted octanol–water partition coefficient (Wildman–Crippen LogP) is 3.05. The van der Waals surface area contributed by atoms with Crippen molar-refractivity contribution >= 4 is 0 Å². The summed E-state index contributed by atoms with van der Waals surface area (Å²) < 4.78 is 2.18. The summed E-state index contributed by atoms with van der Waals surface area (Å²) in [6, 6.07) is 0. The second-order valence-corrected chi connectivity index (χ2v) is 5.01. The summed E-state index contributed by atoms with van der Waals surface area (Å²) in [7, 11) is 0. The van der Waals surface area contributed by atoms with Crippen molar-refractivity contribution in [1.29, 1.82) is 0 Å². The van der Waals surface area contributed by atoms with Crippen LogP contribution in [0.1, 0.15) is 50.6 Å². The van der Waals surface area contributed by atoms with Gasteiger partial charge in [-0.1, -0.05) is 27.2 Å². The molecule has 0 radical (unpaired) electrons. The Kier molecular flexibility index (Phi) is 5.69. The van der Waals surface area contributed by atoms with Crippen LogP contribution in [0, 0.1) is 19.8 Å². The molecule has 3 heteroatoms. The van der Waals surface area contributed by atoms with Crippen LogP contribution in [0.15, 0.2) is 0 Å². The Hall–Kier alpha value is -0.830. The van der Waals surface area contributed by atoms with Gasteiger partial charge in [0.25, 0.3) is 0 Å². The van der Waals surface area contributed by atoms with Gasteiger partial charge in [-0.15, -0.1) is 0 Å². The second kappa shape index (κ2) is 6.80. The summed E-state index contributed by atoms with van der Waals surface area (Å²) in [5.41, 5.74) is 3.87. The molecule has 1 aromatic heterocycles. The van der Waals surface area contributed by atoms with Gasteiger partial charge in [-0.05, 0) is 32.7 Å². The zero-order chi connectivity index (χ0) is 12.8. The first-order valence-electron chi connectivity index (χ1n) is 6.83. The number of nitrogens with zero attached hydrogens (tertiary/aromatic N) is 2. The molecule has 0 amide bonds. The van der Waals surface area contributed by atoms with Crippen molar-refractivity contribution in [3.05, 3.63) is 17.0 Å². The molecular weight excluding hydrogens is 210 g/mol. The predicted molar refractivity (Wildman–Crippen MR) is 73.2 cm³/mol. The first-order chi connectivity index (χ1) is 8.10. The summed E-state index contributed by atoms with van der Waals surface area (Å²) >= 11 is 0. The maximum absolute atomic E-state index is 4.66. The van der Waals surface area contributed by atoms with Gasteiger partial charge >= 0.3 is 0 Å². The molecule has 3 nitrogen and oxygen atoms in total. The summed E-state index contributed by atoms with van der Waals surface area (Å²) in [5.74, 6) is 0.713. The number of nitrogens with one attached hydrogen (secondary N) is 1. The van der Waals surface area contributed by atoms with E-state index in [0.29, 0.717) is 5.92 Å². The largest absolute Gasteiger partial charge is 0.313 e. The van der Waals surface area contributed by atoms with E-state index in [-0.39, 0.29) is 0 Å². The summed E-state index contributed by atoms with van der Waals surface area (Å²) in [4.78, 5) is 0. The Morgan fingerprint density at radius 2 is 2.00 bits per heavy atom. The molecule has 1 unspecified atom stereocenters. The number of hydrogen-bond donors (Lipinski definition) is 1. The van der Waals surface area contributed by atoms with E-state index in [1.54, 1.807) is 0 Å². The highest BCUT2D eigenvalue weighted by atomic mass is 15.3. The minimum absolute atomic E-state index is 0.713. The highest BCUT2D eigenvalue weighted by Gasteiger charge is 2.12. The molecule has 0 bridgehead atoms. The normalized spacial score (nSPS) is 13.0.